The van der Waals surface area contributed by atoms with E-state index in [0.29, 0.717) is 30.7 Å². The molecule has 1 unspecified atom stereocenters. The zero-order chi connectivity index (χ0) is 25.8. The summed E-state index contributed by atoms with van der Waals surface area (Å²) in [5.74, 6) is 1.45. The second-order valence-corrected chi connectivity index (χ2v) is 9.70. The van der Waals surface area contributed by atoms with Crippen LogP contribution < -0.4 is 21.5 Å². The molecule has 0 spiro atoms. The highest BCUT2D eigenvalue weighted by molar-refractivity contribution is 5.90. The number of fused-ring (bicyclic) bond motifs is 1. The highest BCUT2D eigenvalue weighted by Gasteiger charge is 2.26. The van der Waals surface area contributed by atoms with Crippen LogP contribution in [0, 0.1) is 0 Å². The molecule has 3 aromatic rings. The van der Waals surface area contributed by atoms with Crippen molar-refractivity contribution in [3.8, 4) is 16.9 Å². The van der Waals surface area contributed by atoms with Crippen molar-refractivity contribution in [2.24, 2.45) is 10.7 Å². The van der Waals surface area contributed by atoms with Gasteiger partial charge in [-0.05, 0) is 61.2 Å². The van der Waals surface area contributed by atoms with Crippen LogP contribution in [-0.2, 0) is 17.8 Å². The summed E-state index contributed by atoms with van der Waals surface area (Å²) in [4.78, 5) is 22.4. The van der Waals surface area contributed by atoms with Crippen LogP contribution in [-0.4, -0.2) is 47.3 Å². The van der Waals surface area contributed by atoms with Crippen molar-refractivity contribution in [2.75, 3.05) is 32.1 Å². The van der Waals surface area contributed by atoms with Crippen LogP contribution in [0.5, 0.6) is 5.75 Å². The van der Waals surface area contributed by atoms with Gasteiger partial charge in [-0.2, -0.15) is 0 Å². The molecular formula is C28H36N6O3. The molecular weight excluding hydrogens is 468 g/mol. The lowest BCUT2D eigenvalue weighted by Gasteiger charge is -2.21. The van der Waals surface area contributed by atoms with Gasteiger partial charge in [-0.25, -0.2) is 9.79 Å². The van der Waals surface area contributed by atoms with E-state index in [4.69, 9.17) is 15.2 Å². The Morgan fingerprint density at radius 2 is 1.84 bits per heavy atom. The predicted octanol–water partition coefficient (Wildman–Crippen LogP) is 4.05. The quantitative estimate of drug-likeness (QED) is 0.379. The average molecular weight is 505 g/mol. The number of amidine groups is 1. The number of aliphatic imine (C=N–C) groups is 1. The number of benzene rings is 2. The van der Waals surface area contributed by atoms with Gasteiger partial charge in [-0.3, -0.25) is 14.8 Å². The van der Waals surface area contributed by atoms with Crippen molar-refractivity contribution >= 4 is 11.8 Å². The summed E-state index contributed by atoms with van der Waals surface area (Å²) in [6, 6.07) is 15.0. The number of rotatable bonds is 9. The smallest absolute Gasteiger partial charge is 0.327 e. The summed E-state index contributed by atoms with van der Waals surface area (Å²) in [6.07, 6.45) is 3.81. The lowest BCUT2D eigenvalue weighted by atomic mass is 10.00. The number of H-pyrrole nitrogens is 1. The Kier molecular flexibility index (Phi) is 7.62. The summed E-state index contributed by atoms with van der Waals surface area (Å²) in [6.45, 7) is 6.31. The number of nitrogens with zero attached hydrogens (tertiary/aromatic N) is 3. The number of hydrogen-bond acceptors (Lipinski definition) is 7. The van der Waals surface area contributed by atoms with Crippen molar-refractivity contribution < 1.29 is 9.47 Å². The van der Waals surface area contributed by atoms with Crippen molar-refractivity contribution in [3.63, 3.8) is 0 Å². The SMILES string of the molecule is CCCCOC1=NC(N)c2[nH]c(=O)n(Cc3ccc(-c4cc(CN5CCCC5)ccc4OC)cc3)c2N1. The van der Waals surface area contributed by atoms with Gasteiger partial charge >= 0.3 is 5.69 Å². The number of nitrogens with one attached hydrogen (secondary N) is 2. The number of aromatic amines is 1. The third kappa shape index (κ3) is 5.57. The summed E-state index contributed by atoms with van der Waals surface area (Å²) in [7, 11) is 1.70. The molecule has 5 rings (SSSR count). The highest BCUT2D eigenvalue weighted by atomic mass is 16.5. The van der Waals surface area contributed by atoms with Crippen molar-refractivity contribution in [1.29, 1.82) is 0 Å². The third-order valence-corrected chi connectivity index (χ3v) is 7.00. The number of aromatic nitrogens is 2. The van der Waals surface area contributed by atoms with Crippen LogP contribution in [0.3, 0.4) is 0 Å². The van der Waals surface area contributed by atoms with Crippen molar-refractivity contribution in [3.05, 3.63) is 69.8 Å². The number of anilines is 1. The lowest BCUT2D eigenvalue weighted by Crippen LogP contribution is -2.28. The van der Waals surface area contributed by atoms with Gasteiger partial charge in [-0.1, -0.05) is 43.7 Å². The minimum absolute atomic E-state index is 0.238. The van der Waals surface area contributed by atoms with Crippen LogP contribution in [0.1, 0.15) is 55.6 Å². The number of unbranched alkanes of at least 4 members (excludes halogenated alkanes) is 1. The first kappa shape index (κ1) is 25.1. The fourth-order valence-electron chi connectivity index (χ4n) is 4.95. The van der Waals surface area contributed by atoms with Gasteiger partial charge in [0.1, 0.15) is 23.4 Å². The summed E-state index contributed by atoms with van der Waals surface area (Å²) < 4.78 is 13.0. The minimum Gasteiger partial charge on any atom is -0.496 e. The molecule has 0 amide bonds. The van der Waals surface area contributed by atoms with E-state index in [1.165, 1.54) is 18.4 Å². The van der Waals surface area contributed by atoms with Crippen LogP contribution in [0.25, 0.3) is 11.1 Å². The van der Waals surface area contributed by atoms with Crippen molar-refractivity contribution in [2.45, 2.75) is 51.9 Å². The topological polar surface area (TPSA) is 110 Å². The van der Waals surface area contributed by atoms with Crippen LogP contribution >= 0.6 is 0 Å². The van der Waals surface area contributed by atoms with Crippen LogP contribution in [0.4, 0.5) is 5.82 Å². The van der Waals surface area contributed by atoms with E-state index in [9.17, 15) is 4.79 Å². The van der Waals surface area contributed by atoms with Crippen LogP contribution in [0.15, 0.2) is 52.3 Å². The monoisotopic (exact) mass is 504 g/mol. The predicted molar refractivity (Wildman–Crippen MR) is 146 cm³/mol. The molecule has 0 saturated carbocycles. The minimum atomic E-state index is -0.676. The number of imidazole rings is 1. The molecule has 2 aromatic carbocycles. The molecule has 1 fully saturated rings. The number of methoxy groups -OCH3 is 1. The largest absolute Gasteiger partial charge is 0.496 e. The molecule has 9 nitrogen and oxygen atoms in total. The summed E-state index contributed by atoms with van der Waals surface area (Å²) >= 11 is 0. The van der Waals surface area contributed by atoms with Crippen molar-refractivity contribution in [1.82, 2.24) is 14.5 Å². The maximum atomic E-state index is 12.8. The Labute approximate surface area is 217 Å². The van der Waals surface area contributed by atoms with E-state index < -0.39 is 6.17 Å². The van der Waals surface area contributed by atoms with E-state index in [1.807, 2.05) is 12.1 Å². The first-order valence-electron chi connectivity index (χ1n) is 13.1. The Bertz CT molecular complexity index is 1300. The van der Waals surface area contributed by atoms with E-state index in [-0.39, 0.29) is 5.69 Å². The fourth-order valence-corrected chi connectivity index (χ4v) is 4.95. The maximum absolute atomic E-state index is 12.8. The maximum Gasteiger partial charge on any atom is 0.327 e. The molecule has 1 saturated heterocycles. The second-order valence-electron chi connectivity index (χ2n) is 9.70. The van der Waals surface area contributed by atoms with E-state index in [0.717, 1.165) is 54.9 Å². The number of hydrogen-bond donors (Lipinski definition) is 3. The standard InChI is InChI=1S/C28H36N6O3/c1-3-4-15-37-27-31-25(29)24-26(32-27)34(28(35)30-24)18-19-7-10-21(11-8-19)22-16-20(9-12-23(22)36-2)17-33-13-5-6-14-33/h7-12,16,25H,3-6,13-15,17-18,29H2,1-2H3,(H,30,35)(H,31,32). The summed E-state index contributed by atoms with van der Waals surface area (Å²) in [5.41, 5.74) is 10.9. The average Bonchev–Trinajstić information content (AvgIpc) is 3.53. The molecule has 0 aliphatic carbocycles. The Morgan fingerprint density at radius 1 is 1.08 bits per heavy atom. The molecule has 9 heteroatoms. The van der Waals surface area contributed by atoms with Gasteiger partial charge in [0, 0.05) is 12.1 Å². The van der Waals surface area contributed by atoms with E-state index in [2.05, 4.69) is 57.4 Å². The Morgan fingerprint density at radius 3 is 2.57 bits per heavy atom. The molecule has 2 aliphatic rings. The fraction of sp³-hybridized carbons (Fsp3) is 0.429. The molecule has 0 radical (unpaired) electrons. The number of ether oxygens (including phenoxy) is 2. The van der Waals surface area contributed by atoms with Gasteiger partial charge in [0.25, 0.3) is 6.02 Å². The number of likely N-dealkylation sites (tertiary alicyclic amines) is 1. The third-order valence-electron chi connectivity index (χ3n) is 7.00. The molecule has 1 aromatic heterocycles. The van der Waals surface area contributed by atoms with E-state index in [1.54, 1.807) is 11.7 Å². The molecule has 1 atom stereocenters. The zero-order valence-corrected chi connectivity index (χ0v) is 21.6. The molecule has 4 N–H and O–H groups in total. The first-order valence-corrected chi connectivity index (χ1v) is 13.1. The van der Waals surface area contributed by atoms with Crippen LogP contribution in [0.2, 0.25) is 0 Å². The number of nitrogens with two attached hydrogens (primary N) is 1. The lowest BCUT2D eigenvalue weighted by molar-refractivity contribution is 0.291. The Balaban J connectivity index is 1.34. The molecule has 3 heterocycles. The molecule has 37 heavy (non-hydrogen) atoms. The van der Waals surface area contributed by atoms with Gasteiger partial charge in [0.2, 0.25) is 0 Å². The normalized spacial score (nSPS) is 17.3. The molecule has 196 valence electrons. The molecule has 0 bridgehead atoms. The summed E-state index contributed by atoms with van der Waals surface area (Å²) in [5, 5.41) is 3.14. The van der Waals surface area contributed by atoms with Gasteiger partial charge in [-0.15, -0.1) is 0 Å². The highest BCUT2D eigenvalue weighted by Crippen LogP contribution is 2.32. The zero-order valence-electron chi connectivity index (χ0n) is 21.6. The Hall–Kier alpha value is -3.56. The second kappa shape index (κ2) is 11.2. The van der Waals surface area contributed by atoms with Gasteiger partial charge in [0.15, 0.2) is 0 Å². The van der Waals surface area contributed by atoms with Gasteiger partial charge in [0.05, 0.1) is 20.3 Å². The van der Waals surface area contributed by atoms with Gasteiger partial charge < -0.3 is 20.2 Å². The first-order chi connectivity index (χ1) is 18.1. The van der Waals surface area contributed by atoms with E-state index >= 15 is 0 Å². The molecule has 2 aliphatic heterocycles.